The van der Waals surface area contributed by atoms with Crippen LogP contribution in [0.15, 0.2) is 15.0 Å². The maximum absolute atomic E-state index is 10.6. The first-order valence-electron chi connectivity index (χ1n) is 7.08. The molecular formula is C15H23N3O3. The van der Waals surface area contributed by atoms with Crippen LogP contribution in [0.1, 0.15) is 47.0 Å². The molecule has 0 aromatic heterocycles. The van der Waals surface area contributed by atoms with Crippen molar-refractivity contribution < 1.29 is 14.4 Å². The van der Waals surface area contributed by atoms with Gasteiger partial charge in [0.05, 0.1) is 18.1 Å². The van der Waals surface area contributed by atoms with Gasteiger partial charge < -0.3 is 0 Å². The number of carbonyl (C=O) groups excluding carboxylic acids is 3. The van der Waals surface area contributed by atoms with E-state index in [4.69, 9.17) is 0 Å². The van der Waals surface area contributed by atoms with E-state index in [1.165, 1.54) is 6.08 Å². The Labute approximate surface area is 125 Å². The molecule has 0 radical (unpaired) electrons. The minimum atomic E-state index is -0.543. The molecule has 0 saturated heterocycles. The molecule has 0 bridgehead atoms. The fourth-order valence-corrected chi connectivity index (χ4v) is 2.31. The third-order valence-electron chi connectivity index (χ3n) is 3.79. The molecule has 0 aliphatic heterocycles. The smallest absolute Gasteiger partial charge is 0.211 e. The molecule has 0 amide bonds. The summed E-state index contributed by atoms with van der Waals surface area (Å²) in [6, 6.07) is -0.107. The monoisotopic (exact) mass is 293 g/mol. The highest BCUT2D eigenvalue weighted by molar-refractivity contribution is 5.35. The van der Waals surface area contributed by atoms with Crippen molar-refractivity contribution in [3.05, 3.63) is 0 Å². The summed E-state index contributed by atoms with van der Waals surface area (Å²) in [5.74, 6) is 0.310. The summed E-state index contributed by atoms with van der Waals surface area (Å²) in [7, 11) is 0. The summed E-state index contributed by atoms with van der Waals surface area (Å²) in [4.78, 5) is 42.2. The Morgan fingerprint density at radius 2 is 1.71 bits per heavy atom. The van der Waals surface area contributed by atoms with Crippen LogP contribution in [0.2, 0.25) is 0 Å². The molecule has 0 spiro atoms. The molecule has 0 aromatic rings. The Hall–Kier alpha value is -1.86. The standard InChI is InChI=1S/C15H23N3O3/c1-12(8-16-9-19)7-15(4,18-11-21)6-5-13(2)14(3)17-10-20/h12-14H,5-8H2,1-4H3. The predicted octanol–water partition coefficient (Wildman–Crippen LogP) is 2.58. The van der Waals surface area contributed by atoms with Crippen molar-refractivity contribution >= 4 is 18.2 Å². The molecule has 0 rings (SSSR count). The third-order valence-corrected chi connectivity index (χ3v) is 3.79. The van der Waals surface area contributed by atoms with Gasteiger partial charge in [0.25, 0.3) is 0 Å². The van der Waals surface area contributed by atoms with E-state index in [1.54, 1.807) is 12.2 Å². The first-order chi connectivity index (χ1) is 9.88. The van der Waals surface area contributed by atoms with Crippen LogP contribution in [-0.4, -0.2) is 36.4 Å². The molecule has 0 aliphatic carbocycles. The molecule has 0 fully saturated rings. The van der Waals surface area contributed by atoms with Crippen LogP contribution in [0.25, 0.3) is 0 Å². The lowest BCUT2D eigenvalue weighted by Gasteiger charge is -2.28. The first kappa shape index (κ1) is 19.1. The number of hydrogen-bond donors (Lipinski definition) is 0. The van der Waals surface area contributed by atoms with Crippen molar-refractivity contribution in [3.8, 4) is 0 Å². The second kappa shape index (κ2) is 9.95. The number of isocyanates is 3. The zero-order valence-corrected chi connectivity index (χ0v) is 13.1. The van der Waals surface area contributed by atoms with E-state index in [0.29, 0.717) is 19.4 Å². The second-order valence-corrected chi connectivity index (χ2v) is 5.92. The number of nitrogens with zero attached hydrogens (tertiary/aromatic N) is 3. The molecule has 116 valence electrons. The maximum atomic E-state index is 10.6. The SMILES string of the molecule is CC(CN=C=O)CC(C)(CCC(C)C(C)N=C=O)N=C=O. The fourth-order valence-electron chi connectivity index (χ4n) is 2.31. The van der Waals surface area contributed by atoms with Gasteiger partial charge in [-0.25, -0.2) is 24.4 Å². The summed E-state index contributed by atoms with van der Waals surface area (Å²) >= 11 is 0. The molecule has 4 unspecified atom stereocenters. The second-order valence-electron chi connectivity index (χ2n) is 5.92. The number of hydrogen-bond acceptors (Lipinski definition) is 6. The van der Waals surface area contributed by atoms with Gasteiger partial charge in [-0.05, 0) is 44.9 Å². The van der Waals surface area contributed by atoms with Gasteiger partial charge in [0, 0.05) is 0 Å². The van der Waals surface area contributed by atoms with Crippen LogP contribution in [0, 0.1) is 11.8 Å². The summed E-state index contributed by atoms with van der Waals surface area (Å²) in [6.45, 7) is 8.06. The highest BCUT2D eigenvalue weighted by Gasteiger charge is 2.27. The van der Waals surface area contributed by atoms with E-state index >= 15 is 0 Å². The van der Waals surface area contributed by atoms with Crippen LogP contribution in [0.4, 0.5) is 0 Å². The van der Waals surface area contributed by atoms with Crippen LogP contribution in [0.5, 0.6) is 0 Å². The molecule has 0 aromatic carbocycles. The van der Waals surface area contributed by atoms with Crippen molar-refractivity contribution in [2.24, 2.45) is 26.8 Å². The van der Waals surface area contributed by atoms with E-state index in [0.717, 1.165) is 6.42 Å². The Bertz CT molecular complexity index is 461. The Balaban J connectivity index is 4.69. The van der Waals surface area contributed by atoms with Gasteiger partial charge in [0.2, 0.25) is 18.2 Å². The normalized spacial score (nSPS) is 17.1. The summed E-state index contributed by atoms with van der Waals surface area (Å²) in [5.41, 5.74) is -0.543. The quantitative estimate of drug-likeness (QED) is 0.458. The third kappa shape index (κ3) is 8.11. The van der Waals surface area contributed by atoms with E-state index in [1.807, 2.05) is 27.7 Å². The lowest BCUT2D eigenvalue weighted by molar-refractivity contribution is 0.302. The van der Waals surface area contributed by atoms with Gasteiger partial charge in [-0.2, -0.15) is 4.99 Å². The number of aliphatic imine (C=N–C) groups is 3. The highest BCUT2D eigenvalue weighted by atomic mass is 16.1. The highest BCUT2D eigenvalue weighted by Crippen LogP contribution is 2.29. The van der Waals surface area contributed by atoms with Crippen molar-refractivity contribution in [1.82, 2.24) is 0 Å². The Kier molecular flexibility index (Phi) is 9.07. The number of rotatable bonds is 10. The Morgan fingerprint density at radius 1 is 1.05 bits per heavy atom. The molecule has 0 aliphatic rings. The molecule has 6 nitrogen and oxygen atoms in total. The maximum Gasteiger partial charge on any atom is 0.235 e. The molecular weight excluding hydrogens is 270 g/mol. The molecule has 4 atom stereocenters. The van der Waals surface area contributed by atoms with E-state index in [2.05, 4.69) is 15.0 Å². The summed E-state index contributed by atoms with van der Waals surface area (Å²) in [5, 5.41) is 0. The van der Waals surface area contributed by atoms with Crippen molar-refractivity contribution in [2.75, 3.05) is 6.54 Å². The average molecular weight is 293 g/mol. The molecule has 6 heteroatoms. The van der Waals surface area contributed by atoms with Gasteiger partial charge >= 0.3 is 0 Å². The van der Waals surface area contributed by atoms with Crippen molar-refractivity contribution in [1.29, 1.82) is 0 Å². The zero-order valence-electron chi connectivity index (χ0n) is 13.1. The van der Waals surface area contributed by atoms with Gasteiger partial charge in [-0.1, -0.05) is 13.8 Å². The van der Waals surface area contributed by atoms with E-state index in [-0.39, 0.29) is 17.9 Å². The lowest BCUT2D eigenvalue weighted by Crippen LogP contribution is -2.27. The van der Waals surface area contributed by atoms with E-state index in [9.17, 15) is 14.4 Å². The lowest BCUT2D eigenvalue weighted by atomic mass is 9.83. The summed E-state index contributed by atoms with van der Waals surface area (Å²) < 4.78 is 0. The van der Waals surface area contributed by atoms with Gasteiger partial charge in [0.1, 0.15) is 0 Å². The first-order valence-corrected chi connectivity index (χ1v) is 7.08. The summed E-state index contributed by atoms with van der Waals surface area (Å²) in [6.07, 6.45) is 6.79. The molecule has 21 heavy (non-hydrogen) atoms. The van der Waals surface area contributed by atoms with Gasteiger partial charge in [-0.15, -0.1) is 0 Å². The fraction of sp³-hybridized carbons (Fsp3) is 0.800. The van der Waals surface area contributed by atoms with Crippen LogP contribution < -0.4 is 0 Å². The average Bonchev–Trinajstić information content (AvgIpc) is 2.43. The minimum absolute atomic E-state index is 0.107. The molecule has 0 saturated carbocycles. The van der Waals surface area contributed by atoms with Gasteiger partial charge in [-0.3, -0.25) is 0 Å². The molecule has 0 heterocycles. The predicted molar refractivity (Wildman–Crippen MR) is 79.3 cm³/mol. The van der Waals surface area contributed by atoms with Crippen LogP contribution in [0.3, 0.4) is 0 Å². The molecule has 0 N–H and O–H groups in total. The minimum Gasteiger partial charge on any atom is -0.211 e. The van der Waals surface area contributed by atoms with Crippen LogP contribution >= 0.6 is 0 Å². The topological polar surface area (TPSA) is 88.3 Å². The van der Waals surface area contributed by atoms with Crippen molar-refractivity contribution in [2.45, 2.75) is 58.5 Å². The van der Waals surface area contributed by atoms with Gasteiger partial charge in [0.15, 0.2) is 0 Å². The zero-order chi connectivity index (χ0) is 16.3. The van der Waals surface area contributed by atoms with Crippen molar-refractivity contribution in [3.63, 3.8) is 0 Å². The largest absolute Gasteiger partial charge is 0.235 e. The van der Waals surface area contributed by atoms with Crippen LogP contribution in [-0.2, 0) is 14.4 Å². The van der Waals surface area contributed by atoms with E-state index < -0.39 is 5.54 Å². The Morgan fingerprint density at radius 3 is 2.24 bits per heavy atom.